The van der Waals surface area contributed by atoms with E-state index < -0.39 is 0 Å². The topological polar surface area (TPSA) is 58.4 Å². The summed E-state index contributed by atoms with van der Waals surface area (Å²) in [6, 6.07) is 14.7. The van der Waals surface area contributed by atoms with Crippen LogP contribution in [0.15, 0.2) is 59.1 Å². The molecular formula is C19H17Cl2N3O2. The molecular weight excluding hydrogens is 373 g/mol. The first-order valence-corrected chi connectivity index (χ1v) is 8.70. The number of likely N-dealkylation sites (N-methyl/N-ethyl adjacent to an activating group) is 1. The number of nitrogens with one attached hydrogen (secondary N) is 1. The van der Waals surface area contributed by atoms with Gasteiger partial charge in [0, 0.05) is 11.3 Å². The van der Waals surface area contributed by atoms with Crippen LogP contribution in [0.5, 0.6) is 0 Å². The van der Waals surface area contributed by atoms with Gasteiger partial charge in [0.1, 0.15) is 0 Å². The van der Waals surface area contributed by atoms with Gasteiger partial charge in [-0.25, -0.2) is 4.98 Å². The zero-order valence-electron chi connectivity index (χ0n) is 14.1. The van der Waals surface area contributed by atoms with Crippen molar-refractivity contribution in [3.05, 3.63) is 70.7 Å². The highest BCUT2D eigenvalue weighted by Crippen LogP contribution is 2.25. The number of hydrogen-bond donors (Lipinski definition) is 1. The zero-order valence-corrected chi connectivity index (χ0v) is 15.6. The van der Waals surface area contributed by atoms with E-state index in [1.807, 2.05) is 42.3 Å². The first-order valence-electron chi connectivity index (χ1n) is 7.95. The van der Waals surface area contributed by atoms with Gasteiger partial charge >= 0.3 is 0 Å². The molecule has 0 bridgehead atoms. The minimum Gasteiger partial charge on any atom is -0.439 e. The van der Waals surface area contributed by atoms with Crippen LogP contribution in [0.3, 0.4) is 0 Å². The molecule has 0 unspecified atom stereocenters. The van der Waals surface area contributed by atoms with E-state index in [0.717, 1.165) is 5.56 Å². The monoisotopic (exact) mass is 389 g/mol. The van der Waals surface area contributed by atoms with Crippen molar-refractivity contribution in [3.63, 3.8) is 0 Å². The largest absolute Gasteiger partial charge is 0.439 e. The summed E-state index contributed by atoms with van der Waals surface area (Å²) in [5.74, 6) is 1.09. The van der Waals surface area contributed by atoms with E-state index in [2.05, 4.69) is 10.3 Å². The maximum atomic E-state index is 12.2. The molecule has 1 amide bonds. The Morgan fingerprint density at radius 1 is 1.15 bits per heavy atom. The lowest BCUT2D eigenvalue weighted by Crippen LogP contribution is -2.29. The fourth-order valence-corrected chi connectivity index (χ4v) is 2.72. The number of benzene rings is 2. The summed E-state index contributed by atoms with van der Waals surface area (Å²) in [4.78, 5) is 18.2. The highest BCUT2D eigenvalue weighted by molar-refractivity contribution is 6.42. The number of halogens is 2. The van der Waals surface area contributed by atoms with Crippen molar-refractivity contribution >= 4 is 34.8 Å². The molecule has 7 heteroatoms. The van der Waals surface area contributed by atoms with Crippen LogP contribution in [-0.2, 0) is 11.3 Å². The van der Waals surface area contributed by atoms with Crippen molar-refractivity contribution < 1.29 is 9.21 Å². The van der Waals surface area contributed by atoms with Crippen molar-refractivity contribution in [2.75, 3.05) is 18.9 Å². The van der Waals surface area contributed by atoms with Crippen molar-refractivity contribution in [2.45, 2.75) is 6.54 Å². The predicted octanol–water partition coefficient (Wildman–Crippen LogP) is 4.72. The van der Waals surface area contributed by atoms with Crippen LogP contribution in [0.2, 0.25) is 10.0 Å². The van der Waals surface area contributed by atoms with Crippen LogP contribution < -0.4 is 5.32 Å². The summed E-state index contributed by atoms with van der Waals surface area (Å²) in [5.41, 5.74) is 1.56. The second-order valence-electron chi connectivity index (χ2n) is 5.83. The number of hydrogen-bond acceptors (Lipinski definition) is 4. The van der Waals surface area contributed by atoms with E-state index >= 15 is 0 Å². The lowest BCUT2D eigenvalue weighted by Gasteiger charge is -2.14. The Labute approximate surface area is 161 Å². The van der Waals surface area contributed by atoms with E-state index in [4.69, 9.17) is 27.6 Å². The fourth-order valence-electron chi connectivity index (χ4n) is 2.43. The average molecular weight is 390 g/mol. The van der Waals surface area contributed by atoms with Crippen molar-refractivity contribution in [3.8, 4) is 11.3 Å². The highest BCUT2D eigenvalue weighted by atomic mass is 35.5. The minimum absolute atomic E-state index is 0.166. The standard InChI is InChI=1S/C19H17Cl2N3O2/c1-24(11-18(25)23-14-7-8-15(20)16(21)9-14)12-19-22-10-17(26-19)13-5-3-2-4-6-13/h2-10H,11-12H2,1H3,(H,23,25). The van der Waals surface area contributed by atoms with Crippen LogP contribution in [-0.4, -0.2) is 29.4 Å². The van der Waals surface area contributed by atoms with Crippen LogP contribution in [0, 0.1) is 0 Å². The number of aromatic nitrogens is 1. The molecule has 1 aromatic heterocycles. The van der Waals surface area contributed by atoms with Crippen LogP contribution in [0.1, 0.15) is 5.89 Å². The summed E-state index contributed by atoms with van der Waals surface area (Å²) >= 11 is 11.8. The molecule has 3 aromatic rings. The smallest absolute Gasteiger partial charge is 0.238 e. The Bertz CT molecular complexity index is 897. The molecule has 134 valence electrons. The number of anilines is 1. The third-order valence-corrected chi connectivity index (χ3v) is 4.37. The van der Waals surface area contributed by atoms with Crippen molar-refractivity contribution in [2.24, 2.45) is 0 Å². The summed E-state index contributed by atoms with van der Waals surface area (Å²) in [5, 5.41) is 3.62. The van der Waals surface area contributed by atoms with E-state index in [0.29, 0.717) is 33.9 Å². The van der Waals surface area contributed by atoms with Crippen molar-refractivity contribution in [1.29, 1.82) is 0 Å². The average Bonchev–Trinajstić information content (AvgIpc) is 3.07. The van der Waals surface area contributed by atoms with Crippen molar-refractivity contribution in [1.82, 2.24) is 9.88 Å². The van der Waals surface area contributed by atoms with Gasteiger partial charge in [-0.1, -0.05) is 53.5 Å². The summed E-state index contributed by atoms with van der Waals surface area (Å²) < 4.78 is 5.75. The zero-order chi connectivity index (χ0) is 18.5. The molecule has 0 aliphatic carbocycles. The molecule has 5 nitrogen and oxygen atoms in total. The molecule has 2 aromatic carbocycles. The van der Waals surface area contributed by atoms with Gasteiger partial charge < -0.3 is 9.73 Å². The van der Waals surface area contributed by atoms with Gasteiger partial charge in [-0.3, -0.25) is 9.69 Å². The van der Waals surface area contributed by atoms with Gasteiger partial charge in [0.2, 0.25) is 11.8 Å². The normalized spacial score (nSPS) is 10.9. The summed E-state index contributed by atoms with van der Waals surface area (Å²) in [7, 11) is 1.82. The molecule has 3 rings (SSSR count). The molecule has 1 N–H and O–H groups in total. The molecule has 0 aliphatic rings. The highest BCUT2D eigenvalue weighted by Gasteiger charge is 2.12. The molecule has 0 atom stereocenters. The second kappa shape index (κ2) is 8.36. The molecule has 0 aliphatic heterocycles. The number of amides is 1. The molecule has 0 radical (unpaired) electrons. The van der Waals surface area contributed by atoms with Gasteiger partial charge in [0.15, 0.2) is 5.76 Å². The quantitative estimate of drug-likeness (QED) is 0.662. The van der Waals surface area contributed by atoms with E-state index in [1.54, 1.807) is 24.4 Å². The molecule has 1 heterocycles. The Kier molecular flexibility index (Phi) is 5.93. The number of carbonyl (C=O) groups is 1. The maximum absolute atomic E-state index is 12.2. The number of rotatable bonds is 6. The van der Waals surface area contributed by atoms with Gasteiger partial charge in [0.05, 0.1) is 29.3 Å². The Balaban J connectivity index is 1.55. The predicted molar refractivity (Wildman–Crippen MR) is 103 cm³/mol. The fraction of sp³-hybridized carbons (Fsp3) is 0.158. The number of nitrogens with zero attached hydrogens (tertiary/aromatic N) is 2. The first kappa shape index (κ1) is 18.5. The Hall–Kier alpha value is -2.34. The maximum Gasteiger partial charge on any atom is 0.238 e. The molecule has 26 heavy (non-hydrogen) atoms. The lowest BCUT2D eigenvalue weighted by molar-refractivity contribution is -0.117. The van der Waals surface area contributed by atoms with Crippen LogP contribution >= 0.6 is 23.2 Å². The third kappa shape index (κ3) is 4.85. The van der Waals surface area contributed by atoms with Gasteiger partial charge in [-0.2, -0.15) is 0 Å². The number of carbonyl (C=O) groups excluding carboxylic acids is 1. The van der Waals surface area contributed by atoms with Gasteiger partial charge in [-0.05, 0) is 25.2 Å². The number of oxazole rings is 1. The molecule has 0 spiro atoms. The summed E-state index contributed by atoms with van der Waals surface area (Å²) in [6.45, 7) is 0.602. The molecule has 0 saturated carbocycles. The SMILES string of the molecule is CN(CC(=O)Nc1ccc(Cl)c(Cl)c1)Cc1ncc(-c2ccccc2)o1. The first-order chi connectivity index (χ1) is 12.5. The van der Waals surface area contributed by atoms with E-state index in [9.17, 15) is 4.79 Å². The second-order valence-corrected chi connectivity index (χ2v) is 6.65. The van der Waals surface area contributed by atoms with E-state index in [1.165, 1.54) is 0 Å². The Morgan fingerprint density at radius 3 is 2.65 bits per heavy atom. The van der Waals surface area contributed by atoms with Gasteiger partial charge in [-0.15, -0.1) is 0 Å². The molecule has 0 fully saturated rings. The van der Waals surface area contributed by atoms with Crippen LogP contribution in [0.4, 0.5) is 5.69 Å². The van der Waals surface area contributed by atoms with E-state index in [-0.39, 0.29) is 12.5 Å². The Morgan fingerprint density at radius 2 is 1.92 bits per heavy atom. The third-order valence-electron chi connectivity index (χ3n) is 3.63. The van der Waals surface area contributed by atoms with Gasteiger partial charge in [0.25, 0.3) is 0 Å². The minimum atomic E-state index is -0.166. The van der Waals surface area contributed by atoms with Crippen LogP contribution in [0.25, 0.3) is 11.3 Å². The lowest BCUT2D eigenvalue weighted by atomic mass is 10.2. The summed E-state index contributed by atoms with van der Waals surface area (Å²) in [6.07, 6.45) is 1.69. The molecule has 0 saturated heterocycles.